The molecule has 0 fully saturated rings. The molecule has 0 aromatic carbocycles. The summed E-state index contributed by atoms with van der Waals surface area (Å²) in [5.41, 5.74) is -1.85. The Morgan fingerprint density at radius 3 is 0.929 bits per heavy atom. The Morgan fingerprint density at radius 2 is 0.661 bits per heavy atom. The lowest BCUT2D eigenvalue weighted by Gasteiger charge is -2.44. The van der Waals surface area contributed by atoms with Crippen molar-refractivity contribution in [2.45, 2.75) is 283 Å². The van der Waals surface area contributed by atoms with Gasteiger partial charge in [0.05, 0.1) is 6.61 Å². The van der Waals surface area contributed by atoms with Crippen molar-refractivity contribution in [1.29, 1.82) is 0 Å². The number of ether oxygens (including phenoxy) is 1. The Balaban J connectivity index is 6.09. The van der Waals surface area contributed by atoms with Crippen LogP contribution in [0.4, 0.5) is 0 Å². The third kappa shape index (κ3) is 24.1. The molecule has 334 valence electrons. The van der Waals surface area contributed by atoms with Crippen LogP contribution in [0.5, 0.6) is 0 Å². The third-order valence-corrected chi connectivity index (χ3v) is 14.1. The zero-order chi connectivity index (χ0) is 41.6. The molecule has 0 aliphatic carbocycles. The van der Waals surface area contributed by atoms with Crippen molar-refractivity contribution in [2.24, 2.45) is 5.41 Å². The summed E-state index contributed by atoms with van der Waals surface area (Å²) in [6.45, 7) is 8.96. The van der Waals surface area contributed by atoms with Crippen LogP contribution in [0.3, 0.4) is 0 Å². The fourth-order valence-corrected chi connectivity index (χ4v) is 10.2. The number of esters is 1. The highest BCUT2D eigenvalue weighted by atomic mass is 32.2. The van der Waals surface area contributed by atoms with E-state index in [0.29, 0.717) is 32.1 Å². The van der Waals surface area contributed by atoms with Crippen molar-refractivity contribution < 1.29 is 32.4 Å². The zero-order valence-corrected chi connectivity index (χ0v) is 38.4. The highest BCUT2D eigenvalue weighted by Crippen LogP contribution is 2.50. The number of hydrogen-bond acceptors (Lipinski definition) is 5. The van der Waals surface area contributed by atoms with Crippen LogP contribution in [0.1, 0.15) is 278 Å². The Bertz CT molecular complexity index is 993. The van der Waals surface area contributed by atoms with Crippen LogP contribution in [0, 0.1) is 5.41 Å². The molecule has 0 spiro atoms. The van der Waals surface area contributed by atoms with Gasteiger partial charge in [0, 0.05) is 0 Å². The lowest BCUT2D eigenvalue weighted by atomic mass is 9.65. The topological polar surface area (TPSA) is 118 Å². The predicted molar refractivity (Wildman–Crippen MR) is 238 cm³/mol. The van der Waals surface area contributed by atoms with Gasteiger partial charge in [-0.1, -0.05) is 252 Å². The van der Waals surface area contributed by atoms with E-state index in [9.17, 15) is 27.7 Å². The summed E-state index contributed by atoms with van der Waals surface area (Å²) in [6, 6.07) is 0. The SMILES string of the molecule is CCCCCCCCCCCCCCOC(=O)C(CCCCCCCCCC)(CCCCCCCCCC)C(CCCCCCCCCC)(C(=O)O)S(=O)(=O)O. The maximum atomic E-state index is 14.6. The van der Waals surface area contributed by atoms with Gasteiger partial charge < -0.3 is 9.84 Å². The van der Waals surface area contributed by atoms with Gasteiger partial charge in [0.2, 0.25) is 4.75 Å². The second-order valence-corrected chi connectivity index (χ2v) is 19.0. The van der Waals surface area contributed by atoms with E-state index < -0.39 is 32.2 Å². The molecule has 7 nitrogen and oxygen atoms in total. The molecule has 0 aliphatic rings. The van der Waals surface area contributed by atoms with Gasteiger partial charge in [0.25, 0.3) is 10.1 Å². The standard InChI is InChI=1S/C48H94O7S/c1-5-9-13-17-21-25-26-27-28-32-36-40-44-55-46(51)47(41-37-33-29-22-18-14-10-6-2,42-38-34-30-23-19-15-11-7-3)48(45(49)50,56(52,53)54)43-39-35-31-24-20-16-12-8-4/h5-44H2,1-4H3,(H,49,50)(H,52,53,54). The maximum Gasteiger partial charge on any atom is 0.328 e. The minimum atomic E-state index is -5.21. The van der Waals surface area contributed by atoms with Crippen LogP contribution in [0.25, 0.3) is 0 Å². The first-order chi connectivity index (χ1) is 27.1. The molecule has 56 heavy (non-hydrogen) atoms. The lowest BCUT2D eigenvalue weighted by Crippen LogP contribution is -2.63. The van der Waals surface area contributed by atoms with Crippen molar-refractivity contribution >= 4 is 22.1 Å². The number of hydrogen-bond donors (Lipinski definition) is 2. The van der Waals surface area contributed by atoms with E-state index in [4.69, 9.17) is 4.74 Å². The smallest absolute Gasteiger partial charge is 0.328 e. The fraction of sp³-hybridized carbons (Fsp3) is 0.958. The van der Waals surface area contributed by atoms with E-state index in [1.54, 1.807) is 0 Å². The van der Waals surface area contributed by atoms with Crippen molar-refractivity contribution in [2.75, 3.05) is 6.61 Å². The maximum absolute atomic E-state index is 14.6. The highest BCUT2D eigenvalue weighted by Gasteiger charge is 2.68. The van der Waals surface area contributed by atoms with E-state index in [2.05, 4.69) is 27.7 Å². The third-order valence-electron chi connectivity index (χ3n) is 12.5. The Labute approximate surface area is 348 Å². The molecule has 0 heterocycles. The van der Waals surface area contributed by atoms with E-state index in [1.807, 2.05) is 0 Å². The van der Waals surface area contributed by atoms with Gasteiger partial charge in [0.15, 0.2) is 0 Å². The molecule has 0 radical (unpaired) electrons. The number of unbranched alkanes of at least 4 members (excludes halogenated alkanes) is 32. The summed E-state index contributed by atoms with van der Waals surface area (Å²) in [6.07, 6.45) is 37.6. The Morgan fingerprint density at radius 1 is 0.411 bits per heavy atom. The van der Waals surface area contributed by atoms with Gasteiger partial charge in [-0.2, -0.15) is 8.42 Å². The average Bonchev–Trinajstić information content (AvgIpc) is 3.16. The Kier molecular flexibility index (Phi) is 36.1. The summed E-state index contributed by atoms with van der Waals surface area (Å²) < 4.78 is 41.9. The first kappa shape index (κ1) is 54.9. The average molecular weight is 815 g/mol. The summed E-state index contributed by atoms with van der Waals surface area (Å²) in [5.74, 6) is -2.34. The highest BCUT2D eigenvalue weighted by molar-refractivity contribution is 7.88. The molecule has 0 aliphatic heterocycles. The number of carbonyl (C=O) groups is 2. The lowest BCUT2D eigenvalue weighted by molar-refractivity contribution is -0.168. The number of carboxylic acids is 1. The van der Waals surface area contributed by atoms with Crippen molar-refractivity contribution in [3.63, 3.8) is 0 Å². The molecule has 0 amide bonds. The van der Waals surface area contributed by atoms with Gasteiger partial charge in [-0.25, -0.2) is 0 Å². The molecule has 0 aromatic rings. The molecular formula is C48H94O7S. The second-order valence-electron chi connectivity index (χ2n) is 17.4. The molecule has 1 atom stereocenters. The van der Waals surface area contributed by atoms with Crippen LogP contribution in [0.2, 0.25) is 0 Å². The van der Waals surface area contributed by atoms with Crippen LogP contribution < -0.4 is 0 Å². The van der Waals surface area contributed by atoms with Gasteiger partial charge in [-0.15, -0.1) is 0 Å². The van der Waals surface area contributed by atoms with Crippen molar-refractivity contribution in [1.82, 2.24) is 0 Å². The quantitative estimate of drug-likeness (QED) is 0.0357. The minimum Gasteiger partial charge on any atom is -0.480 e. The van der Waals surface area contributed by atoms with Crippen LogP contribution in [-0.4, -0.2) is 41.4 Å². The zero-order valence-electron chi connectivity index (χ0n) is 37.6. The summed E-state index contributed by atoms with van der Waals surface area (Å²) in [5, 5.41) is 11.0. The summed E-state index contributed by atoms with van der Waals surface area (Å²) in [4.78, 5) is 28.2. The number of rotatable bonds is 44. The molecule has 0 saturated heterocycles. The molecular weight excluding hydrogens is 721 g/mol. The molecule has 1 unspecified atom stereocenters. The Hall–Kier alpha value is -1.15. The molecule has 0 rings (SSSR count). The molecule has 0 bridgehead atoms. The minimum absolute atomic E-state index is 0.0961. The van der Waals surface area contributed by atoms with E-state index in [-0.39, 0.29) is 25.9 Å². The fourth-order valence-electron chi connectivity index (χ4n) is 8.81. The van der Waals surface area contributed by atoms with Gasteiger partial charge in [-0.3, -0.25) is 14.1 Å². The van der Waals surface area contributed by atoms with Crippen LogP contribution >= 0.6 is 0 Å². The number of carboxylic acid groups (broad SMARTS) is 1. The first-order valence-corrected chi connectivity index (χ1v) is 25.9. The van der Waals surface area contributed by atoms with E-state index in [0.717, 1.165) is 103 Å². The number of aliphatic carboxylic acids is 1. The second kappa shape index (κ2) is 36.9. The van der Waals surface area contributed by atoms with E-state index in [1.165, 1.54) is 96.3 Å². The van der Waals surface area contributed by atoms with Crippen molar-refractivity contribution in [3.05, 3.63) is 0 Å². The van der Waals surface area contributed by atoms with Gasteiger partial charge >= 0.3 is 11.9 Å². The molecule has 0 saturated carbocycles. The van der Waals surface area contributed by atoms with Crippen LogP contribution in [0.15, 0.2) is 0 Å². The largest absolute Gasteiger partial charge is 0.480 e. The summed E-state index contributed by atoms with van der Waals surface area (Å²) >= 11 is 0. The first-order valence-electron chi connectivity index (χ1n) is 24.5. The molecule has 2 N–H and O–H groups in total. The van der Waals surface area contributed by atoms with Crippen LogP contribution in [-0.2, 0) is 24.4 Å². The molecule has 0 aromatic heterocycles. The van der Waals surface area contributed by atoms with E-state index >= 15 is 0 Å². The van der Waals surface area contributed by atoms with Gasteiger partial charge in [-0.05, 0) is 25.7 Å². The molecule has 8 heteroatoms. The number of carbonyl (C=O) groups excluding carboxylic acids is 1. The van der Waals surface area contributed by atoms with Gasteiger partial charge in [0.1, 0.15) is 5.41 Å². The normalized spacial score (nSPS) is 13.2. The predicted octanol–water partition coefficient (Wildman–Crippen LogP) is 15.5. The van der Waals surface area contributed by atoms with Crippen molar-refractivity contribution in [3.8, 4) is 0 Å². The monoisotopic (exact) mass is 815 g/mol. The summed E-state index contributed by atoms with van der Waals surface area (Å²) in [7, 11) is -5.21.